The molecule has 0 aliphatic heterocycles. The molecule has 1 unspecified atom stereocenters. The smallest absolute Gasteiger partial charge is 0.175 e. The molecule has 0 saturated heterocycles. The lowest BCUT2D eigenvalue weighted by atomic mass is 10.0. The summed E-state index contributed by atoms with van der Waals surface area (Å²) in [4.78, 5) is 12.0. The third-order valence-electron chi connectivity index (χ3n) is 3.10. The Labute approximate surface area is 112 Å². The lowest BCUT2D eigenvalue weighted by Gasteiger charge is -2.05. The van der Waals surface area contributed by atoms with Crippen molar-refractivity contribution >= 4 is 16.6 Å². The van der Waals surface area contributed by atoms with Crippen LogP contribution in [0.2, 0.25) is 0 Å². The Morgan fingerprint density at radius 3 is 2.50 bits per heavy atom. The van der Waals surface area contributed by atoms with E-state index in [1.54, 1.807) is 0 Å². The van der Waals surface area contributed by atoms with Crippen LogP contribution in [0, 0.1) is 13.8 Å². The molecule has 18 heavy (non-hydrogen) atoms. The normalized spacial score (nSPS) is 12.4. The number of Topliss-reactive ketones (excluding diaryl/α,β-unsaturated/α-hetero) is 1. The van der Waals surface area contributed by atoms with E-state index >= 15 is 0 Å². The van der Waals surface area contributed by atoms with Crippen molar-refractivity contribution in [3.05, 3.63) is 34.9 Å². The van der Waals surface area contributed by atoms with Crippen molar-refractivity contribution in [3.63, 3.8) is 0 Å². The van der Waals surface area contributed by atoms with Crippen LogP contribution < -0.4 is 0 Å². The molecule has 0 aliphatic carbocycles. The first-order valence-corrected chi connectivity index (χ1v) is 7.98. The maximum atomic E-state index is 12.0. The number of benzene rings is 1. The monoisotopic (exact) mass is 266 g/mol. The molecule has 0 N–H and O–H groups in total. The molecule has 0 bridgehead atoms. The van der Waals surface area contributed by atoms with Crippen LogP contribution in [0.4, 0.5) is 0 Å². The summed E-state index contributed by atoms with van der Waals surface area (Å²) in [6.07, 6.45) is 3.15. The van der Waals surface area contributed by atoms with E-state index in [-0.39, 0.29) is 11.5 Å². The first-order valence-electron chi connectivity index (χ1n) is 6.50. The number of aryl methyl sites for hydroxylation is 2. The molecule has 0 aromatic heterocycles. The summed E-state index contributed by atoms with van der Waals surface area (Å²) in [5.41, 5.74) is 2.97. The third-order valence-corrected chi connectivity index (χ3v) is 4.42. The van der Waals surface area contributed by atoms with Crippen LogP contribution in [-0.2, 0) is 10.8 Å². The molecule has 0 aliphatic rings. The Hall–Kier alpha value is -0.960. The molecule has 0 spiro atoms. The van der Waals surface area contributed by atoms with E-state index in [2.05, 4.69) is 6.92 Å². The third kappa shape index (κ3) is 4.73. The number of hydrogen-bond acceptors (Lipinski definition) is 2. The predicted molar refractivity (Wildman–Crippen MR) is 77.6 cm³/mol. The minimum Gasteiger partial charge on any atom is -0.293 e. The van der Waals surface area contributed by atoms with Crippen LogP contribution in [0.1, 0.15) is 47.7 Å². The zero-order valence-corrected chi connectivity index (χ0v) is 12.3. The molecule has 1 rings (SSSR count). The average molecular weight is 266 g/mol. The van der Waals surface area contributed by atoms with Crippen molar-refractivity contribution in [2.75, 3.05) is 11.5 Å². The second-order valence-corrected chi connectivity index (χ2v) is 6.29. The highest BCUT2D eigenvalue weighted by atomic mass is 32.2. The quantitative estimate of drug-likeness (QED) is 0.560. The highest BCUT2D eigenvalue weighted by molar-refractivity contribution is 7.85. The maximum Gasteiger partial charge on any atom is 0.175 e. The van der Waals surface area contributed by atoms with E-state index in [0.29, 0.717) is 11.3 Å². The number of rotatable bonds is 7. The molecule has 3 heteroatoms. The van der Waals surface area contributed by atoms with E-state index in [1.807, 2.05) is 32.0 Å². The molecule has 2 nitrogen and oxygen atoms in total. The van der Waals surface area contributed by atoms with Gasteiger partial charge in [-0.15, -0.1) is 0 Å². The van der Waals surface area contributed by atoms with E-state index in [4.69, 9.17) is 0 Å². The van der Waals surface area contributed by atoms with Crippen LogP contribution in [0.3, 0.4) is 0 Å². The van der Waals surface area contributed by atoms with Gasteiger partial charge in [0.2, 0.25) is 0 Å². The highest BCUT2D eigenvalue weighted by Crippen LogP contribution is 2.11. The van der Waals surface area contributed by atoms with Gasteiger partial charge in [-0.3, -0.25) is 9.00 Å². The average Bonchev–Trinajstić information content (AvgIpc) is 2.33. The first kappa shape index (κ1) is 15.1. The molecule has 0 saturated carbocycles. The van der Waals surface area contributed by atoms with Crippen molar-refractivity contribution in [2.45, 2.75) is 40.0 Å². The molecule has 0 amide bonds. The SMILES string of the molecule is CCCCCS(=O)CC(=O)c1ccc(C)c(C)c1. The number of carbonyl (C=O) groups is 1. The second kappa shape index (κ2) is 7.47. The highest BCUT2D eigenvalue weighted by Gasteiger charge is 2.11. The van der Waals surface area contributed by atoms with Gasteiger partial charge in [-0.05, 0) is 37.5 Å². The number of ketones is 1. The van der Waals surface area contributed by atoms with E-state index in [1.165, 1.54) is 5.56 Å². The van der Waals surface area contributed by atoms with Crippen LogP contribution in [0.5, 0.6) is 0 Å². The van der Waals surface area contributed by atoms with Gasteiger partial charge in [0.05, 0.1) is 5.75 Å². The van der Waals surface area contributed by atoms with Gasteiger partial charge in [0.25, 0.3) is 0 Å². The van der Waals surface area contributed by atoms with Gasteiger partial charge in [-0.1, -0.05) is 31.9 Å². The largest absolute Gasteiger partial charge is 0.293 e. The molecule has 0 radical (unpaired) electrons. The zero-order valence-electron chi connectivity index (χ0n) is 11.5. The Morgan fingerprint density at radius 1 is 1.17 bits per heavy atom. The molecule has 1 atom stereocenters. The minimum absolute atomic E-state index is 0.00654. The summed E-state index contributed by atoms with van der Waals surface area (Å²) in [6.45, 7) is 6.12. The number of unbranched alkanes of at least 4 members (excludes halogenated alkanes) is 2. The lowest BCUT2D eigenvalue weighted by Crippen LogP contribution is -2.13. The van der Waals surface area contributed by atoms with E-state index in [9.17, 15) is 9.00 Å². The zero-order chi connectivity index (χ0) is 13.5. The van der Waals surface area contributed by atoms with Gasteiger partial charge >= 0.3 is 0 Å². The summed E-state index contributed by atoms with van der Waals surface area (Å²) >= 11 is 0. The molecule has 0 heterocycles. The van der Waals surface area contributed by atoms with Crippen molar-refractivity contribution in [3.8, 4) is 0 Å². The van der Waals surface area contributed by atoms with Crippen LogP contribution in [0.15, 0.2) is 18.2 Å². The first-order chi connectivity index (χ1) is 8.54. The van der Waals surface area contributed by atoms with Gasteiger partial charge in [-0.25, -0.2) is 0 Å². The molecular weight excluding hydrogens is 244 g/mol. The standard InChI is InChI=1S/C15H22O2S/c1-4-5-6-9-18(17)11-15(16)14-8-7-12(2)13(3)10-14/h7-8,10H,4-6,9,11H2,1-3H3. The molecular formula is C15H22O2S. The summed E-state index contributed by atoms with van der Waals surface area (Å²) in [5, 5.41) is 0. The van der Waals surface area contributed by atoms with Gasteiger partial charge in [0.1, 0.15) is 0 Å². The fourth-order valence-electron chi connectivity index (χ4n) is 1.73. The van der Waals surface area contributed by atoms with Crippen molar-refractivity contribution < 1.29 is 9.00 Å². The predicted octanol–water partition coefficient (Wildman–Crippen LogP) is 3.43. The van der Waals surface area contributed by atoms with Gasteiger partial charge < -0.3 is 0 Å². The van der Waals surface area contributed by atoms with Crippen molar-refractivity contribution in [1.82, 2.24) is 0 Å². The Balaban J connectivity index is 2.54. The topological polar surface area (TPSA) is 34.1 Å². The molecule has 1 aromatic rings. The fraction of sp³-hybridized carbons (Fsp3) is 0.533. The molecule has 100 valence electrons. The Kier molecular flexibility index (Phi) is 6.27. The summed E-state index contributed by atoms with van der Waals surface area (Å²) in [5.74, 6) is 0.796. The van der Waals surface area contributed by atoms with Crippen LogP contribution >= 0.6 is 0 Å². The van der Waals surface area contributed by atoms with Crippen LogP contribution in [0.25, 0.3) is 0 Å². The second-order valence-electron chi connectivity index (χ2n) is 4.72. The van der Waals surface area contributed by atoms with Gasteiger partial charge in [0.15, 0.2) is 5.78 Å². The van der Waals surface area contributed by atoms with Gasteiger partial charge in [-0.2, -0.15) is 0 Å². The minimum atomic E-state index is -1.01. The fourth-order valence-corrected chi connectivity index (χ4v) is 2.86. The summed E-state index contributed by atoms with van der Waals surface area (Å²) in [7, 11) is -1.01. The van der Waals surface area contributed by atoms with Crippen LogP contribution in [-0.4, -0.2) is 21.5 Å². The Bertz CT molecular complexity index is 438. The number of carbonyl (C=O) groups excluding carboxylic acids is 1. The summed E-state index contributed by atoms with van der Waals surface area (Å²) < 4.78 is 11.7. The van der Waals surface area contributed by atoms with E-state index < -0.39 is 10.8 Å². The Morgan fingerprint density at radius 2 is 1.89 bits per heavy atom. The molecule has 1 aromatic carbocycles. The lowest BCUT2D eigenvalue weighted by molar-refractivity contribution is 0.102. The van der Waals surface area contributed by atoms with Crippen molar-refractivity contribution in [2.24, 2.45) is 0 Å². The molecule has 0 fully saturated rings. The van der Waals surface area contributed by atoms with Gasteiger partial charge in [0, 0.05) is 22.1 Å². The van der Waals surface area contributed by atoms with E-state index in [0.717, 1.165) is 24.8 Å². The maximum absolute atomic E-state index is 12.0. The van der Waals surface area contributed by atoms with Crippen molar-refractivity contribution in [1.29, 1.82) is 0 Å². The summed E-state index contributed by atoms with van der Waals surface area (Å²) in [6, 6.07) is 5.66. The number of hydrogen-bond donors (Lipinski definition) is 0.